The first-order valence-corrected chi connectivity index (χ1v) is 2.13. The number of allylic oxidation sites excluding steroid dienone is 4. The van der Waals surface area contributed by atoms with Crippen LogP contribution in [0.3, 0.4) is 0 Å². The molecule has 1 radical (unpaired) electrons. The van der Waals surface area contributed by atoms with Crippen molar-refractivity contribution in [2.45, 2.75) is 13.3 Å². The fourth-order valence-electron chi connectivity index (χ4n) is 0.515. The van der Waals surface area contributed by atoms with E-state index in [1.807, 2.05) is 0 Å². The van der Waals surface area contributed by atoms with Crippen LogP contribution in [0.15, 0.2) is 17.7 Å². The van der Waals surface area contributed by atoms with Crippen LogP contribution in [0, 0.1) is 6.08 Å². The molecule has 0 nitrogen and oxygen atoms in total. The zero-order valence-corrected chi connectivity index (χ0v) is 10.2. The Bertz CT molecular complexity index is 105. The molecule has 0 amide bonds. The first kappa shape index (κ1) is 16.6. The minimum atomic E-state index is 0. The fraction of sp³-hybridized carbons (Fsp3) is 0.333. The molecule has 0 aromatic carbocycles. The van der Waals surface area contributed by atoms with Gasteiger partial charge in [0.15, 0.2) is 0 Å². The molecule has 0 aromatic heterocycles. The van der Waals surface area contributed by atoms with Gasteiger partial charge in [0, 0.05) is 0 Å². The molecule has 0 fully saturated rings. The number of hydrogen-bond acceptors (Lipinski definition) is 0. The van der Waals surface area contributed by atoms with Crippen LogP contribution in [0.25, 0.3) is 0 Å². The predicted octanol–water partition coefficient (Wildman–Crippen LogP) is 2.85. The summed E-state index contributed by atoms with van der Waals surface area (Å²) in [5.41, 5.74) is 1.27. The number of hydrogen-bond donors (Lipinski definition) is 0. The SMILES string of the molecule is Br.Br.CC1=[C-]CC=C1.[Ru+]. The van der Waals surface area contributed by atoms with E-state index in [-0.39, 0.29) is 53.4 Å². The van der Waals surface area contributed by atoms with Gasteiger partial charge in [0.25, 0.3) is 0 Å². The summed E-state index contributed by atoms with van der Waals surface area (Å²) in [4.78, 5) is 0. The van der Waals surface area contributed by atoms with E-state index in [9.17, 15) is 0 Å². The molecular weight excluding hydrogens is 333 g/mol. The first-order chi connectivity index (χ1) is 2.89. The van der Waals surface area contributed by atoms with Gasteiger partial charge < -0.3 is 0 Å². The zero-order valence-electron chi connectivity index (χ0n) is 5.03. The molecule has 3 heteroatoms. The summed E-state index contributed by atoms with van der Waals surface area (Å²) >= 11 is 0. The van der Waals surface area contributed by atoms with E-state index in [0.717, 1.165) is 6.42 Å². The van der Waals surface area contributed by atoms with Crippen LogP contribution in [0.1, 0.15) is 13.3 Å². The minimum absolute atomic E-state index is 0. The van der Waals surface area contributed by atoms with Gasteiger partial charge in [0.1, 0.15) is 0 Å². The van der Waals surface area contributed by atoms with Crippen molar-refractivity contribution in [3.63, 3.8) is 0 Å². The van der Waals surface area contributed by atoms with Gasteiger partial charge in [0.05, 0.1) is 0 Å². The third-order valence-electron chi connectivity index (χ3n) is 0.867. The maximum absolute atomic E-state index is 3.12. The Kier molecular flexibility index (Phi) is 16.7. The summed E-state index contributed by atoms with van der Waals surface area (Å²) < 4.78 is 0. The predicted molar refractivity (Wildman–Crippen MR) is 46.8 cm³/mol. The zero-order chi connectivity index (χ0) is 4.41. The van der Waals surface area contributed by atoms with Crippen molar-refractivity contribution in [2.75, 3.05) is 0 Å². The summed E-state index contributed by atoms with van der Waals surface area (Å²) in [7, 11) is 0. The van der Waals surface area contributed by atoms with Crippen LogP contribution < -0.4 is 0 Å². The Hall–Kier alpha value is 1.06. The fourth-order valence-corrected chi connectivity index (χ4v) is 0.515. The van der Waals surface area contributed by atoms with E-state index in [0.29, 0.717) is 0 Å². The van der Waals surface area contributed by atoms with Crippen molar-refractivity contribution in [1.82, 2.24) is 0 Å². The Morgan fingerprint density at radius 3 is 2.11 bits per heavy atom. The van der Waals surface area contributed by atoms with Crippen molar-refractivity contribution in [1.29, 1.82) is 0 Å². The van der Waals surface area contributed by atoms with Crippen LogP contribution in [0.2, 0.25) is 0 Å². The van der Waals surface area contributed by atoms with E-state index < -0.39 is 0 Å². The first-order valence-electron chi connectivity index (χ1n) is 2.13. The average Bonchev–Trinajstić information content (AvgIpc) is 1.86. The van der Waals surface area contributed by atoms with Crippen molar-refractivity contribution in [2.24, 2.45) is 0 Å². The molecule has 0 atom stereocenters. The largest absolute Gasteiger partial charge is 1.00 e. The third-order valence-corrected chi connectivity index (χ3v) is 0.867. The molecule has 0 aliphatic heterocycles. The Morgan fingerprint density at radius 2 is 2.00 bits per heavy atom. The van der Waals surface area contributed by atoms with Crippen molar-refractivity contribution < 1.29 is 19.5 Å². The van der Waals surface area contributed by atoms with Gasteiger partial charge in [-0.2, -0.15) is 6.08 Å². The minimum Gasteiger partial charge on any atom is -0.270 e. The van der Waals surface area contributed by atoms with Crippen LogP contribution in [-0.4, -0.2) is 0 Å². The standard InChI is InChI=1S/C6H7.2BrH.Ru/c1-6-4-2-3-5-6;;;/h2,4H,3H2,1H3;2*1H;/q-1;;;+1. The molecule has 0 heterocycles. The molecule has 0 aromatic rings. The Balaban J connectivity index is -0.000000120. The van der Waals surface area contributed by atoms with Crippen LogP contribution in [0.4, 0.5) is 0 Å². The van der Waals surface area contributed by atoms with Gasteiger partial charge >= 0.3 is 19.5 Å². The van der Waals surface area contributed by atoms with E-state index in [2.05, 4.69) is 25.2 Å². The van der Waals surface area contributed by atoms with Gasteiger partial charge in [-0.25, -0.2) is 11.6 Å². The summed E-state index contributed by atoms with van der Waals surface area (Å²) in [6.07, 6.45) is 8.33. The Labute approximate surface area is 90.1 Å². The average molecular weight is 342 g/mol. The number of rotatable bonds is 0. The molecule has 1 aliphatic rings. The second kappa shape index (κ2) is 9.06. The number of halogens is 2. The second-order valence-corrected chi connectivity index (χ2v) is 1.47. The van der Waals surface area contributed by atoms with E-state index in [1.165, 1.54) is 5.57 Å². The summed E-state index contributed by atoms with van der Waals surface area (Å²) in [5, 5.41) is 0. The van der Waals surface area contributed by atoms with Crippen LogP contribution >= 0.6 is 34.0 Å². The molecule has 0 saturated carbocycles. The van der Waals surface area contributed by atoms with Crippen molar-refractivity contribution in [3.05, 3.63) is 23.8 Å². The third kappa shape index (κ3) is 6.95. The van der Waals surface area contributed by atoms with E-state index >= 15 is 0 Å². The maximum Gasteiger partial charge on any atom is 1.00 e. The Morgan fingerprint density at radius 1 is 1.44 bits per heavy atom. The summed E-state index contributed by atoms with van der Waals surface area (Å²) in [5.74, 6) is 0. The van der Waals surface area contributed by atoms with Gasteiger partial charge in [-0.3, -0.25) is 6.08 Å². The molecule has 1 aliphatic carbocycles. The van der Waals surface area contributed by atoms with Crippen LogP contribution in [0.5, 0.6) is 0 Å². The molecule has 0 N–H and O–H groups in total. The molecule has 0 unspecified atom stereocenters. The molecule has 0 spiro atoms. The van der Waals surface area contributed by atoms with Gasteiger partial charge in [0.2, 0.25) is 0 Å². The van der Waals surface area contributed by atoms with Crippen molar-refractivity contribution in [3.8, 4) is 0 Å². The quantitative estimate of drug-likeness (QED) is 0.469. The summed E-state index contributed by atoms with van der Waals surface area (Å²) in [6, 6.07) is 0. The monoisotopic (exact) mass is 341 g/mol. The summed E-state index contributed by atoms with van der Waals surface area (Å²) in [6.45, 7) is 2.06. The van der Waals surface area contributed by atoms with E-state index in [1.54, 1.807) is 0 Å². The molecular formula is C6H9Br2Ru. The topological polar surface area (TPSA) is 0 Å². The van der Waals surface area contributed by atoms with E-state index in [4.69, 9.17) is 0 Å². The molecule has 55 valence electrons. The van der Waals surface area contributed by atoms with Gasteiger partial charge in [-0.15, -0.1) is 40.4 Å². The molecule has 9 heavy (non-hydrogen) atoms. The maximum atomic E-state index is 3.12. The van der Waals surface area contributed by atoms with Gasteiger partial charge in [-0.1, -0.05) is 6.92 Å². The smallest absolute Gasteiger partial charge is 0.270 e. The van der Waals surface area contributed by atoms with Gasteiger partial charge in [-0.05, 0) is 0 Å². The van der Waals surface area contributed by atoms with Crippen LogP contribution in [-0.2, 0) is 19.5 Å². The van der Waals surface area contributed by atoms with Crippen molar-refractivity contribution >= 4 is 34.0 Å². The second-order valence-electron chi connectivity index (χ2n) is 1.47. The normalized spacial score (nSPS) is 12.3. The molecule has 0 saturated heterocycles. The molecule has 1 rings (SSSR count). The molecule has 0 bridgehead atoms.